The number of amides is 1. The highest BCUT2D eigenvalue weighted by molar-refractivity contribution is 7.16. The molecule has 3 heterocycles. The Kier molecular flexibility index (Phi) is 5.65. The number of furan rings is 1. The number of fused-ring (bicyclic) bond motifs is 1. The molecule has 4 aromatic rings. The van der Waals surface area contributed by atoms with Crippen LogP contribution in [0.3, 0.4) is 0 Å². The molecule has 0 radical (unpaired) electrons. The van der Waals surface area contributed by atoms with Gasteiger partial charge in [-0.2, -0.15) is 0 Å². The van der Waals surface area contributed by atoms with E-state index in [1.165, 1.54) is 23.5 Å². The minimum absolute atomic E-state index is 0.243. The number of esters is 1. The van der Waals surface area contributed by atoms with Crippen molar-refractivity contribution in [3.05, 3.63) is 75.7 Å². The van der Waals surface area contributed by atoms with Crippen LogP contribution in [0, 0.1) is 19.7 Å². The molecule has 8 heteroatoms. The molecule has 4 rings (SSSR count). The van der Waals surface area contributed by atoms with E-state index in [0.717, 1.165) is 16.0 Å². The number of hydrogen-bond donors (Lipinski definition) is 1. The largest absolute Gasteiger partial charge is 0.463 e. The molecule has 0 saturated carbocycles. The lowest BCUT2D eigenvalue weighted by Crippen LogP contribution is -2.19. The molecular formula is C23H21FN2O4S. The number of aryl methyl sites for hydroxylation is 1. The summed E-state index contributed by atoms with van der Waals surface area (Å²) in [7, 11) is 0. The second-order valence-corrected chi connectivity index (χ2v) is 8.30. The van der Waals surface area contributed by atoms with Crippen LogP contribution in [0.25, 0.3) is 11.1 Å². The van der Waals surface area contributed by atoms with E-state index in [1.54, 1.807) is 42.0 Å². The van der Waals surface area contributed by atoms with Gasteiger partial charge in [0.25, 0.3) is 5.91 Å². The van der Waals surface area contributed by atoms with Crippen molar-refractivity contribution < 1.29 is 23.1 Å². The van der Waals surface area contributed by atoms with Crippen LogP contribution in [0.15, 0.2) is 47.1 Å². The van der Waals surface area contributed by atoms with Gasteiger partial charge >= 0.3 is 5.97 Å². The fourth-order valence-electron chi connectivity index (χ4n) is 3.48. The molecule has 0 spiro atoms. The fraction of sp³-hybridized carbons (Fsp3) is 0.217. The predicted molar refractivity (Wildman–Crippen MR) is 117 cm³/mol. The SMILES string of the molecule is CCOC(=O)c1c(NC(=O)c2cc3occc3n2Cc2cccc(F)c2)sc(C)c1C. The van der Waals surface area contributed by atoms with Crippen molar-refractivity contribution in [3.63, 3.8) is 0 Å². The van der Waals surface area contributed by atoms with Crippen LogP contribution in [-0.4, -0.2) is 23.1 Å². The van der Waals surface area contributed by atoms with Crippen molar-refractivity contribution >= 4 is 39.3 Å². The van der Waals surface area contributed by atoms with Crippen LogP contribution in [0.1, 0.15) is 43.8 Å². The maximum atomic E-state index is 13.7. The normalized spacial score (nSPS) is 11.1. The quantitative estimate of drug-likeness (QED) is 0.400. The van der Waals surface area contributed by atoms with Gasteiger partial charge < -0.3 is 19.0 Å². The highest BCUT2D eigenvalue weighted by Gasteiger charge is 2.24. The van der Waals surface area contributed by atoms with Crippen molar-refractivity contribution in [2.24, 2.45) is 0 Å². The summed E-state index contributed by atoms with van der Waals surface area (Å²) in [6, 6.07) is 9.62. The molecule has 0 aliphatic rings. The minimum atomic E-state index is -0.469. The Morgan fingerprint density at radius 1 is 1.23 bits per heavy atom. The van der Waals surface area contributed by atoms with Crippen LogP contribution >= 0.6 is 11.3 Å². The second kappa shape index (κ2) is 8.39. The Labute approximate surface area is 182 Å². The number of anilines is 1. The van der Waals surface area contributed by atoms with Crippen molar-refractivity contribution in [1.29, 1.82) is 0 Å². The third-order valence-electron chi connectivity index (χ3n) is 5.08. The first-order valence-corrected chi connectivity index (χ1v) is 10.6. The van der Waals surface area contributed by atoms with Crippen LogP contribution in [0.4, 0.5) is 9.39 Å². The third-order valence-corrected chi connectivity index (χ3v) is 6.20. The number of halogens is 1. The average Bonchev–Trinajstić information content (AvgIpc) is 3.37. The first-order valence-electron chi connectivity index (χ1n) is 9.78. The highest BCUT2D eigenvalue weighted by atomic mass is 32.1. The molecule has 0 unspecified atom stereocenters. The van der Waals surface area contributed by atoms with Crippen molar-refractivity contribution in [2.45, 2.75) is 27.3 Å². The molecule has 3 aromatic heterocycles. The van der Waals surface area contributed by atoms with Gasteiger partial charge in [0.2, 0.25) is 0 Å². The maximum absolute atomic E-state index is 13.7. The molecule has 6 nitrogen and oxygen atoms in total. The smallest absolute Gasteiger partial charge is 0.341 e. The molecule has 0 atom stereocenters. The van der Waals surface area contributed by atoms with Gasteiger partial charge in [0, 0.05) is 23.6 Å². The van der Waals surface area contributed by atoms with Gasteiger partial charge in [0.05, 0.1) is 24.0 Å². The summed E-state index contributed by atoms with van der Waals surface area (Å²) in [4.78, 5) is 26.6. The van der Waals surface area contributed by atoms with E-state index >= 15 is 0 Å². The number of ether oxygens (including phenoxy) is 1. The van der Waals surface area contributed by atoms with Crippen LogP contribution in [0.5, 0.6) is 0 Å². The number of hydrogen-bond acceptors (Lipinski definition) is 5. The lowest BCUT2D eigenvalue weighted by molar-refractivity contribution is 0.0527. The van der Waals surface area contributed by atoms with Gasteiger partial charge in [-0.15, -0.1) is 11.3 Å². The minimum Gasteiger partial charge on any atom is -0.463 e. The van der Waals surface area contributed by atoms with Crippen molar-refractivity contribution in [3.8, 4) is 0 Å². The zero-order valence-electron chi connectivity index (χ0n) is 17.3. The molecule has 0 bridgehead atoms. The number of benzene rings is 1. The first-order chi connectivity index (χ1) is 14.9. The Morgan fingerprint density at radius 3 is 2.77 bits per heavy atom. The van der Waals surface area contributed by atoms with Crippen molar-refractivity contribution in [2.75, 3.05) is 11.9 Å². The van der Waals surface area contributed by atoms with E-state index in [9.17, 15) is 14.0 Å². The fourth-order valence-corrected chi connectivity index (χ4v) is 4.53. The maximum Gasteiger partial charge on any atom is 0.341 e. The van der Waals surface area contributed by atoms with Crippen molar-refractivity contribution in [1.82, 2.24) is 4.57 Å². The summed E-state index contributed by atoms with van der Waals surface area (Å²) in [5.41, 5.74) is 3.47. The topological polar surface area (TPSA) is 73.5 Å². The molecule has 1 N–H and O–H groups in total. The third kappa shape index (κ3) is 3.98. The zero-order chi connectivity index (χ0) is 22.1. The molecule has 0 aliphatic heterocycles. The summed E-state index contributed by atoms with van der Waals surface area (Å²) in [6.45, 7) is 5.98. The van der Waals surface area contributed by atoms with Crippen LogP contribution in [0.2, 0.25) is 0 Å². The van der Waals surface area contributed by atoms with Gasteiger partial charge in [-0.05, 0) is 44.0 Å². The van der Waals surface area contributed by atoms with Gasteiger partial charge in [-0.1, -0.05) is 12.1 Å². The van der Waals surface area contributed by atoms with E-state index in [-0.39, 0.29) is 19.0 Å². The van der Waals surface area contributed by atoms with E-state index in [0.29, 0.717) is 27.4 Å². The lowest BCUT2D eigenvalue weighted by Gasteiger charge is -2.11. The summed E-state index contributed by atoms with van der Waals surface area (Å²) < 4.78 is 26.1. The Morgan fingerprint density at radius 2 is 2.03 bits per heavy atom. The van der Waals surface area contributed by atoms with Gasteiger partial charge in [0.1, 0.15) is 16.5 Å². The predicted octanol–water partition coefficient (Wildman–Crippen LogP) is 5.53. The monoisotopic (exact) mass is 440 g/mol. The van der Waals surface area contributed by atoms with E-state index < -0.39 is 11.9 Å². The van der Waals surface area contributed by atoms with E-state index in [1.807, 2.05) is 13.8 Å². The number of nitrogens with zero attached hydrogens (tertiary/aromatic N) is 1. The number of carbonyl (C=O) groups excluding carboxylic acids is 2. The average molecular weight is 440 g/mol. The van der Waals surface area contributed by atoms with Gasteiger partial charge in [-0.3, -0.25) is 4.79 Å². The Hall–Kier alpha value is -3.39. The number of rotatable bonds is 6. The molecule has 1 amide bonds. The summed E-state index contributed by atoms with van der Waals surface area (Å²) in [5.74, 6) is -1.21. The first kappa shape index (κ1) is 20.9. The Bertz CT molecular complexity index is 1280. The van der Waals surface area contributed by atoms with Gasteiger partial charge in [-0.25, -0.2) is 9.18 Å². The van der Waals surface area contributed by atoms with E-state index in [4.69, 9.17) is 9.15 Å². The molecule has 160 valence electrons. The second-order valence-electron chi connectivity index (χ2n) is 7.08. The number of thiophene rings is 1. The number of nitrogens with one attached hydrogen (secondary N) is 1. The molecular weight excluding hydrogens is 419 g/mol. The van der Waals surface area contributed by atoms with Crippen LogP contribution < -0.4 is 5.32 Å². The summed E-state index contributed by atoms with van der Waals surface area (Å²) in [6.07, 6.45) is 1.54. The lowest BCUT2D eigenvalue weighted by atomic mass is 10.1. The molecule has 0 saturated heterocycles. The zero-order valence-corrected chi connectivity index (χ0v) is 18.1. The number of aromatic nitrogens is 1. The molecule has 1 aromatic carbocycles. The molecule has 0 fully saturated rings. The molecule has 0 aliphatic carbocycles. The van der Waals surface area contributed by atoms with E-state index in [2.05, 4.69) is 5.32 Å². The molecule has 31 heavy (non-hydrogen) atoms. The number of carbonyl (C=O) groups is 2. The van der Waals surface area contributed by atoms with Crippen LogP contribution in [-0.2, 0) is 11.3 Å². The highest BCUT2D eigenvalue weighted by Crippen LogP contribution is 2.34. The Balaban J connectivity index is 1.70. The summed E-state index contributed by atoms with van der Waals surface area (Å²) >= 11 is 1.32. The standard InChI is InChI=1S/C23H21FN2O4S/c1-4-29-23(28)20-13(2)14(3)31-22(20)25-21(27)18-11-19-17(8-9-30-19)26(18)12-15-6-5-7-16(24)10-15/h5-11H,4,12H2,1-3H3,(H,25,27). The summed E-state index contributed by atoms with van der Waals surface area (Å²) in [5, 5.41) is 3.30. The van der Waals surface area contributed by atoms with Gasteiger partial charge in [0.15, 0.2) is 5.58 Å².